The van der Waals surface area contributed by atoms with Crippen LogP contribution < -0.4 is 10.6 Å². The number of carbonyl (C=O) groups excluding carboxylic acids is 1. The molecule has 6 heteroatoms. The molecular formula is C19H22N4O2. The highest BCUT2D eigenvalue weighted by Gasteiger charge is 2.18. The van der Waals surface area contributed by atoms with Crippen LogP contribution in [0.3, 0.4) is 0 Å². The number of nitrogens with one attached hydrogen (secondary N) is 2. The van der Waals surface area contributed by atoms with Gasteiger partial charge in [0.1, 0.15) is 5.76 Å². The molecule has 3 rings (SSSR count). The van der Waals surface area contributed by atoms with Crippen molar-refractivity contribution >= 4 is 11.6 Å². The van der Waals surface area contributed by atoms with E-state index in [1.54, 1.807) is 10.9 Å². The van der Waals surface area contributed by atoms with E-state index in [0.29, 0.717) is 0 Å². The molecule has 0 fully saturated rings. The first-order chi connectivity index (χ1) is 12.1. The zero-order valence-electron chi connectivity index (χ0n) is 14.6. The summed E-state index contributed by atoms with van der Waals surface area (Å²) in [5.41, 5.74) is 3.54. The summed E-state index contributed by atoms with van der Waals surface area (Å²) in [6.07, 6.45) is 1.63. The van der Waals surface area contributed by atoms with E-state index in [0.717, 1.165) is 28.4 Å². The Morgan fingerprint density at radius 3 is 2.56 bits per heavy atom. The van der Waals surface area contributed by atoms with Crippen LogP contribution in [0.4, 0.5) is 5.69 Å². The van der Waals surface area contributed by atoms with Crippen LogP contribution in [0.5, 0.6) is 0 Å². The standard InChI is InChI=1S/C19H22N4O2/c1-13-18(14(2)23(3)22-13)21-17(24)12-20-19(16-10-7-11-25-16)15-8-5-4-6-9-15/h4-11,19-20H,12H2,1-3H3,(H,21,24)/t19-/m1/s1. The van der Waals surface area contributed by atoms with Crippen LogP contribution in [0, 0.1) is 13.8 Å². The lowest BCUT2D eigenvalue weighted by Crippen LogP contribution is -2.32. The van der Waals surface area contributed by atoms with E-state index in [1.165, 1.54) is 0 Å². The normalized spacial score (nSPS) is 12.1. The van der Waals surface area contributed by atoms with Gasteiger partial charge in [-0.15, -0.1) is 0 Å². The number of aromatic nitrogens is 2. The van der Waals surface area contributed by atoms with Crippen molar-refractivity contribution in [2.24, 2.45) is 7.05 Å². The van der Waals surface area contributed by atoms with Crippen LogP contribution in [0.25, 0.3) is 0 Å². The van der Waals surface area contributed by atoms with Crippen LogP contribution >= 0.6 is 0 Å². The second kappa shape index (κ2) is 7.36. The molecule has 0 saturated carbocycles. The Morgan fingerprint density at radius 2 is 1.96 bits per heavy atom. The summed E-state index contributed by atoms with van der Waals surface area (Å²) in [6, 6.07) is 13.5. The molecule has 1 amide bonds. The van der Waals surface area contributed by atoms with Crippen molar-refractivity contribution in [3.63, 3.8) is 0 Å². The van der Waals surface area contributed by atoms with E-state index in [9.17, 15) is 4.79 Å². The number of hydrogen-bond donors (Lipinski definition) is 2. The second-order valence-corrected chi connectivity index (χ2v) is 5.96. The van der Waals surface area contributed by atoms with Crippen molar-refractivity contribution in [2.75, 3.05) is 11.9 Å². The summed E-state index contributed by atoms with van der Waals surface area (Å²) < 4.78 is 7.29. The third-order valence-corrected chi connectivity index (χ3v) is 4.20. The Kier molecular flexibility index (Phi) is 5.00. The lowest BCUT2D eigenvalue weighted by atomic mass is 10.0. The zero-order chi connectivity index (χ0) is 17.8. The lowest BCUT2D eigenvalue weighted by Gasteiger charge is -2.17. The SMILES string of the molecule is Cc1nn(C)c(C)c1NC(=O)CN[C@H](c1ccccc1)c1ccco1. The number of carbonyl (C=O) groups is 1. The minimum atomic E-state index is -0.182. The van der Waals surface area contributed by atoms with E-state index in [-0.39, 0.29) is 18.5 Å². The summed E-state index contributed by atoms with van der Waals surface area (Å²) in [7, 11) is 1.86. The third-order valence-electron chi connectivity index (χ3n) is 4.20. The van der Waals surface area contributed by atoms with Crippen molar-refractivity contribution in [3.05, 3.63) is 71.4 Å². The molecule has 2 aromatic heterocycles. The number of hydrogen-bond acceptors (Lipinski definition) is 4. The van der Waals surface area contributed by atoms with E-state index in [2.05, 4.69) is 15.7 Å². The molecule has 0 aliphatic heterocycles. The topological polar surface area (TPSA) is 72.1 Å². The molecule has 0 bridgehead atoms. The van der Waals surface area contributed by atoms with E-state index < -0.39 is 0 Å². The first-order valence-electron chi connectivity index (χ1n) is 8.18. The minimum absolute atomic E-state index is 0.119. The van der Waals surface area contributed by atoms with Crippen LogP contribution in [0.1, 0.15) is 28.8 Å². The molecule has 0 radical (unpaired) electrons. The van der Waals surface area contributed by atoms with E-state index in [4.69, 9.17) is 4.42 Å². The first-order valence-corrected chi connectivity index (χ1v) is 8.18. The first kappa shape index (κ1) is 17.0. The number of nitrogens with zero attached hydrogens (tertiary/aromatic N) is 2. The molecule has 2 heterocycles. The van der Waals surface area contributed by atoms with E-state index >= 15 is 0 Å². The Balaban J connectivity index is 1.70. The summed E-state index contributed by atoms with van der Waals surface area (Å²) in [5.74, 6) is 0.652. The van der Waals surface area contributed by atoms with Gasteiger partial charge in [0, 0.05) is 7.05 Å². The predicted molar refractivity (Wildman–Crippen MR) is 96.3 cm³/mol. The molecule has 0 aliphatic carbocycles. The fourth-order valence-corrected chi connectivity index (χ4v) is 2.82. The van der Waals surface area contributed by atoms with Crippen LogP contribution in [-0.2, 0) is 11.8 Å². The number of anilines is 1. The van der Waals surface area contributed by atoms with Gasteiger partial charge in [-0.3, -0.25) is 14.8 Å². The van der Waals surface area contributed by atoms with Gasteiger partial charge < -0.3 is 9.73 Å². The number of benzene rings is 1. The third kappa shape index (κ3) is 3.80. The smallest absolute Gasteiger partial charge is 0.238 e. The molecule has 1 atom stereocenters. The number of furan rings is 1. The highest BCUT2D eigenvalue weighted by molar-refractivity contribution is 5.93. The van der Waals surface area contributed by atoms with Gasteiger partial charge in [0.25, 0.3) is 0 Å². The summed E-state index contributed by atoms with van der Waals surface area (Å²) in [5, 5.41) is 10.5. The summed E-state index contributed by atoms with van der Waals surface area (Å²) in [4.78, 5) is 12.4. The maximum absolute atomic E-state index is 12.4. The van der Waals surface area contributed by atoms with Gasteiger partial charge in [0.05, 0.1) is 35.9 Å². The van der Waals surface area contributed by atoms with Gasteiger partial charge in [-0.1, -0.05) is 30.3 Å². The lowest BCUT2D eigenvalue weighted by molar-refractivity contribution is -0.115. The van der Waals surface area contributed by atoms with Crippen molar-refractivity contribution in [2.45, 2.75) is 19.9 Å². The largest absolute Gasteiger partial charge is 0.467 e. The molecule has 0 saturated heterocycles. The van der Waals surface area contributed by atoms with Gasteiger partial charge in [0.15, 0.2) is 0 Å². The highest BCUT2D eigenvalue weighted by atomic mass is 16.3. The van der Waals surface area contributed by atoms with Crippen LogP contribution in [0.15, 0.2) is 53.1 Å². The molecule has 6 nitrogen and oxygen atoms in total. The van der Waals surface area contributed by atoms with Crippen molar-refractivity contribution in [1.82, 2.24) is 15.1 Å². The van der Waals surface area contributed by atoms with Gasteiger partial charge in [-0.2, -0.15) is 5.10 Å². The second-order valence-electron chi connectivity index (χ2n) is 5.96. The number of aryl methyl sites for hydroxylation is 2. The van der Waals surface area contributed by atoms with Gasteiger partial charge in [0.2, 0.25) is 5.91 Å². The zero-order valence-corrected chi connectivity index (χ0v) is 14.6. The van der Waals surface area contributed by atoms with Crippen molar-refractivity contribution in [1.29, 1.82) is 0 Å². The van der Waals surface area contributed by atoms with Crippen molar-refractivity contribution < 1.29 is 9.21 Å². The average Bonchev–Trinajstić information content (AvgIpc) is 3.21. The Labute approximate surface area is 146 Å². The van der Waals surface area contributed by atoms with Gasteiger partial charge in [-0.05, 0) is 31.5 Å². The molecule has 25 heavy (non-hydrogen) atoms. The number of amides is 1. The fourth-order valence-electron chi connectivity index (χ4n) is 2.82. The molecule has 1 aromatic carbocycles. The molecule has 0 unspecified atom stereocenters. The monoisotopic (exact) mass is 338 g/mol. The van der Waals surface area contributed by atoms with Crippen molar-refractivity contribution in [3.8, 4) is 0 Å². The molecule has 0 aliphatic rings. The fraction of sp³-hybridized carbons (Fsp3) is 0.263. The van der Waals surface area contributed by atoms with E-state index in [1.807, 2.05) is 63.4 Å². The van der Waals surface area contributed by atoms with Crippen LogP contribution in [0.2, 0.25) is 0 Å². The molecule has 130 valence electrons. The highest BCUT2D eigenvalue weighted by Crippen LogP contribution is 2.22. The maximum atomic E-state index is 12.4. The summed E-state index contributed by atoms with van der Waals surface area (Å²) in [6.45, 7) is 3.97. The molecule has 2 N–H and O–H groups in total. The summed E-state index contributed by atoms with van der Waals surface area (Å²) >= 11 is 0. The maximum Gasteiger partial charge on any atom is 0.238 e. The van der Waals surface area contributed by atoms with Crippen LogP contribution in [-0.4, -0.2) is 22.2 Å². The molecular weight excluding hydrogens is 316 g/mol. The molecule has 3 aromatic rings. The molecule has 0 spiro atoms. The van der Waals surface area contributed by atoms with Gasteiger partial charge in [-0.25, -0.2) is 0 Å². The quantitative estimate of drug-likeness (QED) is 0.725. The Morgan fingerprint density at radius 1 is 1.20 bits per heavy atom. The predicted octanol–water partition coefficient (Wildman–Crippen LogP) is 2.95. The number of rotatable bonds is 6. The van der Waals surface area contributed by atoms with Gasteiger partial charge >= 0.3 is 0 Å². The average molecular weight is 338 g/mol. The minimum Gasteiger partial charge on any atom is -0.467 e. The Bertz CT molecular complexity index is 838. The Hall–Kier alpha value is -2.86.